The van der Waals surface area contributed by atoms with Crippen molar-refractivity contribution < 1.29 is 9.53 Å². The van der Waals surface area contributed by atoms with E-state index >= 15 is 0 Å². The maximum atomic E-state index is 11.1. The van der Waals surface area contributed by atoms with Crippen LogP contribution in [0.25, 0.3) is 0 Å². The van der Waals surface area contributed by atoms with Crippen LogP contribution in [0.1, 0.15) is 6.92 Å². The van der Waals surface area contributed by atoms with Crippen LogP contribution in [-0.4, -0.2) is 25.4 Å². The third kappa shape index (κ3) is 3.81. The summed E-state index contributed by atoms with van der Waals surface area (Å²) in [5.41, 5.74) is 0. The molecule has 0 spiro atoms. The molecule has 0 aromatic carbocycles. The van der Waals surface area contributed by atoms with Gasteiger partial charge in [0.15, 0.2) is 0 Å². The Morgan fingerprint density at radius 3 is 3.08 bits per heavy atom. The zero-order valence-electron chi connectivity index (χ0n) is 7.24. The van der Waals surface area contributed by atoms with Crippen LogP contribution in [0.2, 0.25) is 0 Å². The zero-order chi connectivity index (χ0) is 8.81. The molecule has 1 heterocycles. The van der Waals surface area contributed by atoms with Crippen molar-refractivity contribution in [2.24, 2.45) is 10.9 Å². The Balaban J connectivity index is 0.00000144. The number of esters is 1. The first kappa shape index (κ1) is 11.8. The van der Waals surface area contributed by atoms with Crippen LogP contribution < -0.4 is 5.32 Å². The molecule has 0 aliphatic carbocycles. The van der Waals surface area contributed by atoms with Crippen LogP contribution in [0.5, 0.6) is 0 Å². The van der Waals surface area contributed by atoms with E-state index in [1.807, 2.05) is 0 Å². The maximum Gasteiger partial charge on any atom is 0.326 e. The Hall–Kier alpha value is -1.21. The number of aliphatic imine (C=N–C) groups is 1. The molecule has 1 aliphatic heterocycles. The number of halogens is 1. The van der Waals surface area contributed by atoms with Crippen molar-refractivity contribution in [3.63, 3.8) is 0 Å². The fourth-order valence-electron chi connectivity index (χ4n) is 0.847. The van der Waals surface area contributed by atoms with Gasteiger partial charge in [0, 0.05) is 13.5 Å². The van der Waals surface area contributed by atoms with Gasteiger partial charge in [0.2, 0.25) is 0 Å². The van der Waals surface area contributed by atoms with Gasteiger partial charge in [-0.05, 0) is 0 Å². The number of nitrogens with one attached hydrogen (secondary N) is 1. The lowest BCUT2D eigenvalue weighted by atomic mass is 10.1. The van der Waals surface area contributed by atoms with E-state index in [-0.39, 0.29) is 24.3 Å². The highest BCUT2D eigenvalue weighted by Gasteiger charge is 2.20. The first-order valence-corrected chi connectivity index (χ1v) is 3.68. The lowest BCUT2D eigenvalue weighted by Crippen LogP contribution is -2.34. The minimum atomic E-state index is -0.311. The molecule has 0 saturated heterocycles. The molecule has 1 N–H and O–H groups in total. The summed E-state index contributed by atoms with van der Waals surface area (Å²) in [6.07, 6.45) is 3.86. The quantitative estimate of drug-likeness (QED) is 0.488. The van der Waals surface area contributed by atoms with Crippen LogP contribution in [0.4, 0.5) is 0 Å². The molecule has 4 nitrogen and oxygen atoms in total. The molecular formula is C8H11ClN2O2. The molecule has 13 heavy (non-hydrogen) atoms. The van der Waals surface area contributed by atoms with Crippen LogP contribution in [0, 0.1) is 17.9 Å². The number of nitrogens with zero attached hydrogens (tertiary/aromatic N) is 1. The molecule has 1 aliphatic rings. The van der Waals surface area contributed by atoms with Crippen molar-refractivity contribution in [1.29, 1.82) is 0 Å². The van der Waals surface area contributed by atoms with Gasteiger partial charge in [0.1, 0.15) is 6.11 Å². The molecular weight excluding hydrogens is 192 g/mol. The van der Waals surface area contributed by atoms with Crippen molar-refractivity contribution in [1.82, 2.24) is 5.32 Å². The van der Waals surface area contributed by atoms with Gasteiger partial charge in [-0.1, -0.05) is 5.92 Å². The number of carbonyl (C=O) groups is 1. The predicted octanol–water partition coefficient (Wildman–Crippen LogP) is 0.180. The van der Waals surface area contributed by atoms with Gasteiger partial charge in [-0.25, -0.2) is 0 Å². The Labute approximate surface area is 83.2 Å². The SMILES string of the molecule is CC#COC(=O)C1CN=CNC1.Cl. The summed E-state index contributed by atoms with van der Waals surface area (Å²) in [5, 5.41) is 2.85. The average molecular weight is 203 g/mol. The Morgan fingerprint density at radius 2 is 2.54 bits per heavy atom. The fourth-order valence-corrected chi connectivity index (χ4v) is 0.847. The van der Waals surface area contributed by atoms with Crippen molar-refractivity contribution in [3.8, 4) is 12.0 Å². The van der Waals surface area contributed by atoms with E-state index in [1.165, 1.54) is 0 Å². The first-order valence-electron chi connectivity index (χ1n) is 3.68. The van der Waals surface area contributed by atoms with Crippen molar-refractivity contribution in [2.45, 2.75) is 6.92 Å². The van der Waals surface area contributed by atoms with E-state index in [9.17, 15) is 4.79 Å². The van der Waals surface area contributed by atoms with E-state index < -0.39 is 0 Å². The predicted molar refractivity (Wildman–Crippen MR) is 51.6 cm³/mol. The van der Waals surface area contributed by atoms with Gasteiger partial charge in [-0.15, -0.1) is 12.4 Å². The van der Waals surface area contributed by atoms with Gasteiger partial charge >= 0.3 is 5.97 Å². The van der Waals surface area contributed by atoms with Gasteiger partial charge in [-0.3, -0.25) is 9.79 Å². The molecule has 72 valence electrons. The topological polar surface area (TPSA) is 50.7 Å². The van der Waals surface area contributed by atoms with E-state index in [2.05, 4.69) is 27.1 Å². The van der Waals surface area contributed by atoms with Crippen LogP contribution >= 0.6 is 12.4 Å². The Morgan fingerprint density at radius 1 is 1.77 bits per heavy atom. The fraction of sp³-hybridized carbons (Fsp3) is 0.500. The normalized spacial score (nSPS) is 18.7. The van der Waals surface area contributed by atoms with E-state index in [0.29, 0.717) is 13.1 Å². The summed E-state index contributed by atoms with van der Waals surface area (Å²) in [5.74, 6) is 1.98. The molecule has 1 unspecified atom stereocenters. The Bertz CT molecular complexity index is 255. The molecule has 0 radical (unpaired) electrons. The lowest BCUT2D eigenvalue weighted by molar-refractivity contribution is -0.140. The maximum absolute atomic E-state index is 11.1. The zero-order valence-corrected chi connectivity index (χ0v) is 8.06. The van der Waals surface area contributed by atoms with E-state index in [1.54, 1.807) is 13.3 Å². The minimum Gasteiger partial charge on any atom is -0.375 e. The highest BCUT2D eigenvalue weighted by Crippen LogP contribution is 2.01. The first-order chi connectivity index (χ1) is 5.84. The number of hydrogen-bond donors (Lipinski definition) is 1. The van der Waals surface area contributed by atoms with Gasteiger partial charge in [0.05, 0.1) is 18.8 Å². The van der Waals surface area contributed by atoms with Crippen LogP contribution in [0.15, 0.2) is 4.99 Å². The standard InChI is InChI=1S/C8H10N2O2.ClH/c1-2-3-12-8(11)7-4-9-6-10-5-7;/h6-7H,4-5H2,1H3,(H,9,10);1H. The monoisotopic (exact) mass is 202 g/mol. The molecule has 5 heteroatoms. The third-order valence-electron chi connectivity index (χ3n) is 1.46. The highest BCUT2D eigenvalue weighted by molar-refractivity contribution is 5.85. The molecule has 0 aromatic heterocycles. The molecule has 1 rings (SSSR count). The average Bonchev–Trinajstić information content (AvgIpc) is 2.15. The van der Waals surface area contributed by atoms with Crippen LogP contribution in [0.3, 0.4) is 0 Å². The molecule has 0 fully saturated rings. The molecule has 0 aromatic rings. The molecule has 1 atom stereocenters. The second-order valence-electron chi connectivity index (χ2n) is 2.37. The summed E-state index contributed by atoms with van der Waals surface area (Å²) in [7, 11) is 0. The second kappa shape index (κ2) is 6.32. The number of rotatable bonds is 1. The molecule has 0 saturated carbocycles. The van der Waals surface area contributed by atoms with E-state index in [0.717, 1.165) is 0 Å². The Kier molecular flexibility index (Phi) is 5.73. The van der Waals surface area contributed by atoms with E-state index in [4.69, 9.17) is 0 Å². The summed E-state index contributed by atoms with van der Waals surface area (Å²) in [6.45, 7) is 2.68. The lowest BCUT2D eigenvalue weighted by Gasteiger charge is -2.14. The number of hydrogen-bond acceptors (Lipinski definition) is 4. The summed E-state index contributed by atoms with van der Waals surface area (Å²) >= 11 is 0. The minimum absolute atomic E-state index is 0. The summed E-state index contributed by atoms with van der Waals surface area (Å²) in [4.78, 5) is 15.0. The smallest absolute Gasteiger partial charge is 0.326 e. The van der Waals surface area contributed by atoms with Crippen molar-refractivity contribution in [2.75, 3.05) is 13.1 Å². The van der Waals surface area contributed by atoms with Gasteiger partial charge < -0.3 is 10.1 Å². The largest absolute Gasteiger partial charge is 0.375 e. The second-order valence-corrected chi connectivity index (χ2v) is 2.37. The van der Waals surface area contributed by atoms with Crippen LogP contribution in [-0.2, 0) is 9.53 Å². The van der Waals surface area contributed by atoms with Gasteiger partial charge in [-0.2, -0.15) is 0 Å². The van der Waals surface area contributed by atoms with Gasteiger partial charge in [0.25, 0.3) is 0 Å². The summed E-state index contributed by atoms with van der Waals surface area (Å²) < 4.78 is 4.62. The third-order valence-corrected chi connectivity index (χ3v) is 1.46. The van der Waals surface area contributed by atoms with Crippen molar-refractivity contribution in [3.05, 3.63) is 0 Å². The number of carbonyl (C=O) groups excluding carboxylic acids is 1. The highest BCUT2D eigenvalue weighted by atomic mass is 35.5. The molecule has 0 amide bonds. The number of ether oxygens (including phenoxy) is 1. The molecule has 0 bridgehead atoms. The van der Waals surface area contributed by atoms with Crippen molar-refractivity contribution >= 4 is 24.7 Å². The summed E-state index contributed by atoms with van der Waals surface area (Å²) in [6, 6.07) is 0.